The molecule has 0 rings (SSSR count). The van der Waals surface area contributed by atoms with Gasteiger partial charge in [-0.1, -0.05) is 32.6 Å². The first-order chi connectivity index (χ1) is 6.22. The van der Waals surface area contributed by atoms with Gasteiger partial charge in [0.05, 0.1) is 0 Å². The molecule has 0 saturated heterocycles. The van der Waals surface area contributed by atoms with Gasteiger partial charge in [0, 0.05) is 6.54 Å². The fourth-order valence-corrected chi connectivity index (χ4v) is 1.29. The fraction of sp³-hybridized carbons (Fsp3) is 1.00. The molecule has 3 nitrogen and oxygen atoms in total. The highest BCUT2D eigenvalue weighted by molar-refractivity contribution is 4.51. The lowest BCUT2D eigenvalue weighted by Crippen LogP contribution is -2.31. The summed E-state index contributed by atoms with van der Waals surface area (Å²) in [6.07, 6.45) is 5.90. The molecule has 0 aromatic carbocycles. The third-order valence-corrected chi connectivity index (χ3v) is 2.23. The number of aliphatic hydroxyl groups excluding tert-OH is 1. The van der Waals surface area contributed by atoms with Crippen LogP contribution in [0.15, 0.2) is 0 Å². The summed E-state index contributed by atoms with van der Waals surface area (Å²) in [7, 11) is 0. The lowest BCUT2D eigenvalue weighted by atomic mass is 10.1. The van der Waals surface area contributed by atoms with Crippen molar-refractivity contribution in [3.8, 4) is 0 Å². The van der Waals surface area contributed by atoms with Crippen LogP contribution in [0.4, 0.5) is 0 Å². The minimum Gasteiger partial charge on any atom is -0.376 e. The first-order valence-corrected chi connectivity index (χ1v) is 5.36. The Kier molecular flexibility index (Phi) is 8.40. The molecule has 80 valence electrons. The van der Waals surface area contributed by atoms with Crippen molar-refractivity contribution < 1.29 is 10.3 Å². The summed E-state index contributed by atoms with van der Waals surface area (Å²) in [6.45, 7) is 4.48. The molecule has 3 heteroatoms. The van der Waals surface area contributed by atoms with Crippen molar-refractivity contribution in [1.82, 2.24) is 5.06 Å². The molecule has 1 unspecified atom stereocenters. The Balaban J connectivity index is 3.21. The number of nitrogens with zero attached hydrogens (tertiary/aromatic N) is 1. The molecule has 0 radical (unpaired) electrons. The second-order valence-electron chi connectivity index (χ2n) is 3.44. The third-order valence-electron chi connectivity index (χ3n) is 2.23. The average Bonchev–Trinajstić information content (AvgIpc) is 2.16. The second-order valence-corrected chi connectivity index (χ2v) is 3.44. The van der Waals surface area contributed by atoms with Crippen LogP contribution in [0.5, 0.6) is 0 Å². The summed E-state index contributed by atoms with van der Waals surface area (Å²) in [6, 6.07) is 0. The zero-order valence-electron chi connectivity index (χ0n) is 8.87. The minimum absolute atomic E-state index is 0.482. The maximum atomic E-state index is 9.35. The van der Waals surface area contributed by atoms with E-state index < -0.39 is 6.23 Å². The third kappa shape index (κ3) is 6.99. The Hall–Kier alpha value is -0.120. The second kappa shape index (κ2) is 8.48. The van der Waals surface area contributed by atoms with Crippen molar-refractivity contribution in [2.45, 2.75) is 58.6 Å². The van der Waals surface area contributed by atoms with Crippen LogP contribution in [-0.4, -0.2) is 28.1 Å². The standard InChI is InChI=1S/C10H23NO2/c1-3-5-6-7-8-9-10(12)11(13)4-2/h10,12-13H,3-9H2,1-2H3. The van der Waals surface area contributed by atoms with Gasteiger partial charge in [-0.3, -0.25) is 0 Å². The molecular formula is C10H23NO2. The molecule has 13 heavy (non-hydrogen) atoms. The van der Waals surface area contributed by atoms with E-state index in [0.29, 0.717) is 13.0 Å². The van der Waals surface area contributed by atoms with E-state index in [-0.39, 0.29) is 0 Å². The van der Waals surface area contributed by atoms with E-state index in [9.17, 15) is 5.11 Å². The molecule has 0 spiro atoms. The highest BCUT2D eigenvalue weighted by Gasteiger charge is 2.09. The number of unbranched alkanes of at least 4 members (excludes halogenated alkanes) is 4. The average molecular weight is 189 g/mol. The first kappa shape index (κ1) is 12.9. The van der Waals surface area contributed by atoms with Gasteiger partial charge in [-0.15, -0.1) is 0 Å². The molecule has 0 amide bonds. The highest BCUT2D eigenvalue weighted by Crippen LogP contribution is 2.08. The largest absolute Gasteiger partial charge is 0.376 e. The van der Waals surface area contributed by atoms with Crippen molar-refractivity contribution >= 4 is 0 Å². The lowest BCUT2D eigenvalue weighted by Gasteiger charge is -2.19. The normalized spacial score (nSPS) is 13.6. The SMILES string of the molecule is CCCCCCCC(O)N(O)CC. The molecule has 0 saturated carbocycles. The molecule has 0 fully saturated rings. The Morgan fingerprint density at radius 3 is 2.23 bits per heavy atom. The van der Waals surface area contributed by atoms with E-state index >= 15 is 0 Å². The first-order valence-electron chi connectivity index (χ1n) is 5.36. The number of hydrogen-bond donors (Lipinski definition) is 2. The van der Waals surface area contributed by atoms with Gasteiger partial charge in [-0.05, 0) is 19.8 Å². The Bertz CT molecular complexity index is 109. The van der Waals surface area contributed by atoms with Gasteiger partial charge >= 0.3 is 0 Å². The number of hydroxylamine groups is 2. The predicted molar refractivity (Wildman–Crippen MR) is 53.5 cm³/mol. The number of hydrogen-bond acceptors (Lipinski definition) is 3. The molecule has 0 aromatic rings. The molecule has 0 bridgehead atoms. The monoisotopic (exact) mass is 189 g/mol. The summed E-state index contributed by atoms with van der Waals surface area (Å²) in [4.78, 5) is 0. The zero-order chi connectivity index (χ0) is 10.1. The molecule has 0 heterocycles. The maximum Gasteiger partial charge on any atom is 0.129 e. The topological polar surface area (TPSA) is 43.7 Å². The smallest absolute Gasteiger partial charge is 0.129 e. The van der Waals surface area contributed by atoms with Gasteiger partial charge in [0.25, 0.3) is 0 Å². The van der Waals surface area contributed by atoms with Crippen molar-refractivity contribution in [2.24, 2.45) is 0 Å². The Labute approximate surface area is 81.3 Å². The van der Waals surface area contributed by atoms with Crippen molar-refractivity contribution in [2.75, 3.05) is 6.54 Å². The molecule has 0 aliphatic carbocycles. The molecular weight excluding hydrogens is 166 g/mol. The fourth-order valence-electron chi connectivity index (χ4n) is 1.29. The number of rotatable bonds is 8. The van der Waals surface area contributed by atoms with Crippen LogP contribution >= 0.6 is 0 Å². The van der Waals surface area contributed by atoms with E-state index in [4.69, 9.17) is 5.21 Å². The van der Waals surface area contributed by atoms with E-state index in [1.54, 1.807) is 0 Å². The maximum absolute atomic E-state index is 9.35. The van der Waals surface area contributed by atoms with E-state index in [1.807, 2.05) is 6.92 Å². The summed E-state index contributed by atoms with van der Waals surface area (Å²) >= 11 is 0. The summed E-state index contributed by atoms with van der Waals surface area (Å²) in [5, 5.41) is 19.4. The van der Waals surface area contributed by atoms with Gasteiger partial charge in [0.1, 0.15) is 6.23 Å². The van der Waals surface area contributed by atoms with Crippen molar-refractivity contribution in [1.29, 1.82) is 0 Å². The molecule has 0 aliphatic heterocycles. The van der Waals surface area contributed by atoms with E-state index in [1.165, 1.54) is 19.3 Å². The van der Waals surface area contributed by atoms with Crippen LogP contribution in [0, 0.1) is 0 Å². The highest BCUT2D eigenvalue weighted by atomic mass is 16.5. The van der Waals surface area contributed by atoms with Gasteiger partial charge in [0.15, 0.2) is 0 Å². The van der Waals surface area contributed by atoms with Crippen LogP contribution in [-0.2, 0) is 0 Å². The van der Waals surface area contributed by atoms with E-state index in [2.05, 4.69) is 6.92 Å². The lowest BCUT2D eigenvalue weighted by molar-refractivity contribution is -0.195. The van der Waals surface area contributed by atoms with Crippen LogP contribution in [0.1, 0.15) is 52.4 Å². The molecule has 0 aromatic heterocycles. The quantitative estimate of drug-likeness (QED) is 0.350. The van der Waals surface area contributed by atoms with Crippen LogP contribution in [0.2, 0.25) is 0 Å². The summed E-state index contributed by atoms with van der Waals surface area (Å²) in [5.74, 6) is 0. The van der Waals surface area contributed by atoms with E-state index in [0.717, 1.165) is 17.9 Å². The minimum atomic E-state index is -0.674. The predicted octanol–water partition coefficient (Wildman–Crippen LogP) is 2.38. The van der Waals surface area contributed by atoms with Gasteiger partial charge in [-0.2, -0.15) is 5.06 Å². The Morgan fingerprint density at radius 2 is 1.69 bits per heavy atom. The molecule has 0 aliphatic rings. The van der Waals surface area contributed by atoms with Gasteiger partial charge < -0.3 is 10.3 Å². The number of aliphatic hydroxyl groups is 1. The van der Waals surface area contributed by atoms with Crippen LogP contribution < -0.4 is 0 Å². The molecule has 2 N–H and O–H groups in total. The zero-order valence-corrected chi connectivity index (χ0v) is 8.87. The summed E-state index contributed by atoms with van der Waals surface area (Å²) in [5.41, 5.74) is 0. The van der Waals surface area contributed by atoms with Crippen molar-refractivity contribution in [3.05, 3.63) is 0 Å². The van der Waals surface area contributed by atoms with Gasteiger partial charge in [-0.25, -0.2) is 0 Å². The van der Waals surface area contributed by atoms with Crippen molar-refractivity contribution in [3.63, 3.8) is 0 Å². The summed E-state index contributed by atoms with van der Waals surface area (Å²) < 4.78 is 0. The van der Waals surface area contributed by atoms with Crippen LogP contribution in [0.3, 0.4) is 0 Å². The van der Waals surface area contributed by atoms with Crippen LogP contribution in [0.25, 0.3) is 0 Å². The van der Waals surface area contributed by atoms with Gasteiger partial charge in [0.2, 0.25) is 0 Å². The molecule has 1 atom stereocenters. The Morgan fingerprint density at radius 1 is 1.08 bits per heavy atom.